The minimum atomic E-state index is -1.21. The van der Waals surface area contributed by atoms with E-state index in [1.54, 1.807) is 23.5 Å². The highest BCUT2D eigenvalue weighted by Crippen LogP contribution is 2.24. The predicted molar refractivity (Wildman–Crippen MR) is 81.4 cm³/mol. The maximum atomic E-state index is 11.0. The van der Waals surface area contributed by atoms with Crippen molar-refractivity contribution in [2.24, 2.45) is 5.73 Å². The molecule has 1 aromatic heterocycles. The third-order valence-corrected chi connectivity index (χ3v) is 3.33. The first-order chi connectivity index (χ1) is 10.1. The van der Waals surface area contributed by atoms with Crippen molar-refractivity contribution >= 4 is 17.3 Å². The highest BCUT2D eigenvalue weighted by atomic mass is 32.1. The average molecular weight is 305 g/mol. The van der Waals surface area contributed by atoms with Crippen LogP contribution in [-0.4, -0.2) is 18.1 Å². The topological polar surface area (TPSA) is 96.6 Å². The number of hydrogen-bond acceptors (Lipinski definition) is 6. The number of nitrogens with one attached hydrogen (secondary N) is 2. The van der Waals surface area contributed by atoms with Crippen LogP contribution >= 0.6 is 11.3 Å². The molecule has 21 heavy (non-hydrogen) atoms. The van der Waals surface area contributed by atoms with E-state index in [2.05, 4.69) is 10.9 Å². The molecular formula is C14H15N3O3S. The van der Waals surface area contributed by atoms with E-state index in [1.807, 2.05) is 29.0 Å². The van der Waals surface area contributed by atoms with Gasteiger partial charge in [0.15, 0.2) is 5.70 Å². The van der Waals surface area contributed by atoms with Crippen LogP contribution in [-0.2, 0) is 4.79 Å². The molecule has 0 spiro atoms. The van der Waals surface area contributed by atoms with E-state index in [-0.39, 0.29) is 11.6 Å². The quantitative estimate of drug-likeness (QED) is 0.369. The summed E-state index contributed by atoms with van der Waals surface area (Å²) < 4.78 is 5.34. The first-order valence-corrected chi connectivity index (χ1v) is 7.02. The third kappa shape index (κ3) is 3.74. The molecule has 6 nitrogen and oxygen atoms in total. The highest BCUT2D eigenvalue weighted by molar-refractivity contribution is 7.08. The zero-order valence-electron chi connectivity index (χ0n) is 11.3. The van der Waals surface area contributed by atoms with Crippen LogP contribution in [0, 0.1) is 0 Å². The summed E-state index contributed by atoms with van der Waals surface area (Å²) in [5, 5.41) is 13.1. The van der Waals surface area contributed by atoms with Crippen LogP contribution < -0.4 is 21.3 Å². The molecule has 0 bridgehead atoms. The van der Waals surface area contributed by atoms with Gasteiger partial charge in [0.25, 0.3) is 0 Å². The lowest BCUT2D eigenvalue weighted by molar-refractivity contribution is -0.133. The molecule has 0 aliphatic rings. The Morgan fingerprint density at radius 1 is 1.24 bits per heavy atom. The maximum absolute atomic E-state index is 11.0. The van der Waals surface area contributed by atoms with Crippen LogP contribution in [0.25, 0.3) is 11.1 Å². The first kappa shape index (κ1) is 14.9. The average Bonchev–Trinajstić information content (AvgIpc) is 2.99. The zero-order chi connectivity index (χ0) is 15.2. The summed E-state index contributed by atoms with van der Waals surface area (Å²) in [5.41, 5.74) is 12.5. The largest absolute Gasteiger partial charge is 0.476 e. The Kier molecular flexibility index (Phi) is 4.81. The number of carboxylic acids is 1. The van der Waals surface area contributed by atoms with Crippen LogP contribution in [0.5, 0.6) is 5.75 Å². The number of thiophene rings is 1. The molecule has 2 aromatic rings. The van der Waals surface area contributed by atoms with E-state index in [1.165, 1.54) is 7.05 Å². The lowest BCUT2D eigenvalue weighted by atomic mass is 10.1. The Balaban J connectivity index is 2.16. The number of rotatable bonds is 6. The zero-order valence-corrected chi connectivity index (χ0v) is 12.1. The summed E-state index contributed by atoms with van der Waals surface area (Å²) in [6.07, 6.45) is 0. The van der Waals surface area contributed by atoms with Crippen molar-refractivity contribution in [1.29, 1.82) is 0 Å². The molecule has 0 amide bonds. The third-order valence-electron chi connectivity index (χ3n) is 2.65. The number of hydrogen-bond donors (Lipinski definition) is 4. The summed E-state index contributed by atoms with van der Waals surface area (Å²) in [5.74, 6) is -0.972. The monoisotopic (exact) mass is 305 g/mol. The number of ether oxygens (including phenoxy) is 1. The molecule has 0 unspecified atom stereocenters. The van der Waals surface area contributed by atoms with Crippen LogP contribution in [0.3, 0.4) is 0 Å². The molecule has 5 N–H and O–H groups in total. The molecule has 0 radical (unpaired) electrons. The highest BCUT2D eigenvalue weighted by Gasteiger charge is 2.13. The predicted octanol–water partition coefficient (Wildman–Crippen LogP) is 1.73. The number of nitrogens with two attached hydrogens (primary N) is 1. The Morgan fingerprint density at radius 3 is 2.48 bits per heavy atom. The van der Waals surface area contributed by atoms with Crippen molar-refractivity contribution < 1.29 is 14.6 Å². The Hall–Kier alpha value is -2.51. The minimum absolute atomic E-state index is 0.222. The normalized spacial score (nSPS) is 11.7. The van der Waals surface area contributed by atoms with Crippen molar-refractivity contribution in [3.8, 4) is 16.9 Å². The van der Waals surface area contributed by atoms with Crippen LogP contribution in [0.2, 0.25) is 0 Å². The van der Waals surface area contributed by atoms with Gasteiger partial charge in [-0.2, -0.15) is 11.3 Å². The molecule has 110 valence electrons. The number of carbonyl (C=O) groups is 1. The van der Waals surface area contributed by atoms with Crippen molar-refractivity contribution in [3.05, 3.63) is 52.7 Å². The molecule has 0 saturated carbocycles. The molecular weight excluding hydrogens is 290 g/mol. The molecule has 0 aliphatic carbocycles. The molecule has 2 rings (SSSR count). The number of hydrazine groups is 1. The van der Waals surface area contributed by atoms with E-state index in [4.69, 9.17) is 15.6 Å². The van der Waals surface area contributed by atoms with Crippen molar-refractivity contribution in [3.63, 3.8) is 0 Å². The number of aliphatic carboxylic acids is 1. The Labute approximate surface area is 125 Å². The van der Waals surface area contributed by atoms with Crippen molar-refractivity contribution in [2.45, 2.75) is 0 Å². The molecule has 0 atom stereocenters. The standard InChI is InChI=1S/C14H15N3O3S/c1-16-17-12(14(18)19)13(15)20-11-4-2-9(3-5-11)10-6-7-21-8-10/h2-8,16-17H,15H2,1H3,(H,18,19)/b13-12+. The van der Waals surface area contributed by atoms with Crippen LogP contribution in [0.1, 0.15) is 0 Å². The van der Waals surface area contributed by atoms with Crippen molar-refractivity contribution in [1.82, 2.24) is 10.9 Å². The second kappa shape index (κ2) is 6.78. The van der Waals surface area contributed by atoms with Gasteiger partial charge in [-0.1, -0.05) is 12.1 Å². The maximum Gasteiger partial charge on any atom is 0.358 e. The number of benzene rings is 1. The van der Waals surface area contributed by atoms with E-state index in [0.717, 1.165) is 11.1 Å². The second-order valence-electron chi connectivity index (χ2n) is 4.06. The van der Waals surface area contributed by atoms with Crippen molar-refractivity contribution in [2.75, 3.05) is 7.05 Å². The lowest BCUT2D eigenvalue weighted by Crippen LogP contribution is -2.34. The summed E-state index contributed by atoms with van der Waals surface area (Å²) >= 11 is 1.62. The van der Waals surface area contributed by atoms with E-state index in [9.17, 15) is 4.79 Å². The Morgan fingerprint density at radius 2 is 1.95 bits per heavy atom. The fourth-order valence-corrected chi connectivity index (χ4v) is 2.33. The summed E-state index contributed by atoms with van der Waals surface area (Å²) in [6.45, 7) is 0. The van der Waals surface area contributed by atoms with Crippen LogP contribution in [0.15, 0.2) is 52.7 Å². The fraction of sp³-hybridized carbons (Fsp3) is 0.0714. The Bertz CT molecular complexity index is 636. The van der Waals surface area contributed by atoms with Gasteiger partial charge in [0.05, 0.1) is 0 Å². The second-order valence-corrected chi connectivity index (χ2v) is 4.84. The lowest BCUT2D eigenvalue weighted by Gasteiger charge is -2.11. The van der Waals surface area contributed by atoms with Gasteiger partial charge in [0, 0.05) is 7.05 Å². The molecule has 7 heteroatoms. The molecule has 0 saturated heterocycles. The molecule has 0 aliphatic heterocycles. The van der Waals surface area contributed by atoms with E-state index >= 15 is 0 Å². The van der Waals surface area contributed by atoms with Gasteiger partial charge in [-0.25, -0.2) is 10.2 Å². The SMILES string of the molecule is CNN/C(C(=O)O)=C(\N)Oc1ccc(-c2ccsc2)cc1. The summed E-state index contributed by atoms with van der Waals surface area (Å²) in [6, 6.07) is 9.26. The molecule has 0 fully saturated rings. The van der Waals surface area contributed by atoms with Gasteiger partial charge in [-0.3, -0.25) is 0 Å². The van der Waals surface area contributed by atoms with E-state index < -0.39 is 5.97 Å². The van der Waals surface area contributed by atoms with Gasteiger partial charge >= 0.3 is 5.97 Å². The van der Waals surface area contributed by atoms with Gasteiger partial charge < -0.3 is 21.0 Å². The number of carboxylic acid groups (broad SMARTS) is 1. The summed E-state index contributed by atoms with van der Waals surface area (Å²) in [4.78, 5) is 11.0. The smallest absolute Gasteiger partial charge is 0.358 e. The molecule has 1 heterocycles. The summed E-state index contributed by atoms with van der Waals surface area (Å²) in [7, 11) is 1.53. The van der Waals surface area contributed by atoms with Crippen LogP contribution in [0.4, 0.5) is 0 Å². The van der Waals surface area contributed by atoms with Gasteiger partial charge in [-0.15, -0.1) is 0 Å². The minimum Gasteiger partial charge on any atom is -0.476 e. The van der Waals surface area contributed by atoms with E-state index in [0.29, 0.717) is 5.75 Å². The first-order valence-electron chi connectivity index (χ1n) is 6.08. The van der Waals surface area contributed by atoms with Gasteiger partial charge in [0.2, 0.25) is 5.88 Å². The van der Waals surface area contributed by atoms with Gasteiger partial charge in [-0.05, 0) is 40.1 Å². The fourth-order valence-electron chi connectivity index (χ4n) is 1.67. The van der Waals surface area contributed by atoms with Gasteiger partial charge in [0.1, 0.15) is 5.75 Å². The molecule has 1 aromatic carbocycles.